The monoisotopic (exact) mass is 375 g/mol. The number of ether oxygens (including phenoxy) is 1. The molecule has 1 N–H and O–H groups in total. The molecule has 0 aliphatic heterocycles. The van der Waals surface area contributed by atoms with Gasteiger partial charge in [-0.05, 0) is 32.4 Å². The highest BCUT2D eigenvalue weighted by molar-refractivity contribution is 7.92. The number of sulfonamides is 1. The Morgan fingerprint density at radius 3 is 2.58 bits per heavy atom. The highest BCUT2D eigenvalue weighted by atomic mass is 32.2. The zero-order valence-electron chi connectivity index (χ0n) is 15.1. The summed E-state index contributed by atoms with van der Waals surface area (Å²) in [7, 11) is -2.02. The van der Waals surface area contributed by atoms with Crippen LogP contribution in [0.1, 0.15) is 16.8 Å². The SMILES string of the molecule is Cc1ccc(OCn2cc(NS(=O)(=O)c3cnn(C)c3C)cn2)c(C)c1. The number of hydrogen-bond donors (Lipinski definition) is 1. The molecule has 0 bridgehead atoms. The fraction of sp³-hybridized carbons (Fsp3) is 0.294. The van der Waals surface area contributed by atoms with E-state index in [2.05, 4.69) is 14.9 Å². The van der Waals surface area contributed by atoms with Crippen LogP contribution in [-0.4, -0.2) is 28.0 Å². The number of anilines is 1. The van der Waals surface area contributed by atoms with Crippen LogP contribution in [0.4, 0.5) is 5.69 Å². The third-order valence-electron chi connectivity index (χ3n) is 4.05. The number of rotatable bonds is 6. The molecule has 3 rings (SSSR count). The quantitative estimate of drug-likeness (QED) is 0.714. The maximum atomic E-state index is 12.5. The van der Waals surface area contributed by atoms with Crippen LogP contribution in [0.2, 0.25) is 0 Å². The fourth-order valence-corrected chi connectivity index (χ4v) is 3.77. The van der Waals surface area contributed by atoms with Crippen molar-refractivity contribution in [2.45, 2.75) is 32.4 Å². The van der Waals surface area contributed by atoms with Crippen LogP contribution in [0.3, 0.4) is 0 Å². The summed E-state index contributed by atoms with van der Waals surface area (Å²) in [6.07, 6.45) is 4.34. The van der Waals surface area contributed by atoms with Gasteiger partial charge in [-0.2, -0.15) is 10.2 Å². The van der Waals surface area contributed by atoms with E-state index in [1.807, 2.05) is 32.0 Å². The lowest BCUT2D eigenvalue weighted by Gasteiger charge is -2.09. The molecule has 0 saturated carbocycles. The van der Waals surface area contributed by atoms with E-state index in [0.29, 0.717) is 11.4 Å². The molecular formula is C17H21N5O3S. The highest BCUT2D eigenvalue weighted by Crippen LogP contribution is 2.20. The van der Waals surface area contributed by atoms with Gasteiger partial charge in [0.2, 0.25) is 0 Å². The van der Waals surface area contributed by atoms with Gasteiger partial charge in [-0.25, -0.2) is 13.1 Å². The van der Waals surface area contributed by atoms with Crippen LogP contribution < -0.4 is 9.46 Å². The standard InChI is InChI=1S/C17H21N5O3S/c1-12-5-6-16(13(2)7-12)25-11-22-10-15(8-19-22)20-26(23,24)17-9-18-21(4)14(17)3/h5-10,20H,11H2,1-4H3. The summed E-state index contributed by atoms with van der Waals surface area (Å²) in [4.78, 5) is 0.138. The third-order valence-corrected chi connectivity index (χ3v) is 5.53. The van der Waals surface area contributed by atoms with Gasteiger partial charge in [0.15, 0.2) is 6.73 Å². The average Bonchev–Trinajstić information content (AvgIpc) is 3.13. The molecule has 8 nitrogen and oxygen atoms in total. The lowest BCUT2D eigenvalue weighted by molar-refractivity contribution is 0.219. The van der Waals surface area contributed by atoms with Crippen LogP contribution in [0, 0.1) is 20.8 Å². The first-order chi connectivity index (χ1) is 12.3. The molecule has 2 heterocycles. The molecule has 138 valence electrons. The Hall–Kier alpha value is -2.81. The third kappa shape index (κ3) is 3.72. The van der Waals surface area contributed by atoms with Gasteiger partial charge >= 0.3 is 0 Å². The van der Waals surface area contributed by atoms with Crippen molar-refractivity contribution in [2.75, 3.05) is 4.72 Å². The first kappa shape index (κ1) is 18.0. The molecule has 26 heavy (non-hydrogen) atoms. The Labute approximate surface area is 152 Å². The van der Waals surface area contributed by atoms with Gasteiger partial charge in [0.05, 0.1) is 30.0 Å². The first-order valence-corrected chi connectivity index (χ1v) is 9.48. The summed E-state index contributed by atoms with van der Waals surface area (Å²) < 4.78 is 36.2. The van der Waals surface area contributed by atoms with Crippen LogP contribution in [0.15, 0.2) is 41.7 Å². The Morgan fingerprint density at radius 2 is 1.92 bits per heavy atom. The molecule has 0 atom stereocenters. The Balaban J connectivity index is 1.69. The molecule has 0 spiro atoms. The van der Waals surface area contributed by atoms with Crippen molar-refractivity contribution >= 4 is 15.7 Å². The van der Waals surface area contributed by atoms with Gasteiger partial charge < -0.3 is 4.74 Å². The van der Waals surface area contributed by atoms with Crippen LogP contribution in [-0.2, 0) is 23.8 Å². The maximum absolute atomic E-state index is 12.5. The Bertz CT molecular complexity index is 1040. The molecule has 0 aliphatic carbocycles. The second kappa shape index (κ2) is 6.83. The largest absolute Gasteiger partial charge is 0.471 e. The maximum Gasteiger partial charge on any atom is 0.265 e. The van der Waals surface area contributed by atoms with E-state index < -0.39 is 10.0 Å². The molecule has 0 fully saturated rings. The van der Waals surface area contributed by atoms with Crippen LogP contribution >= 0.6 is 0 Å². The number of aryl methyl sites for hydroxylation is 3. The number of nitrogens with one attached hydrogen (secondary N) is 1. The van der Waals surface area contributed by atoms with Gasteiger partial charge in [0.25, 0.3) is 10.0 Å². The van der Waals surface area contributed by atoms with E-state index >= 15 is 0 Å². The van der Waals surface area contributed by atoms with E-state index in [-0.39, 0.29) is 11.6 Å². The van der Waals surface area contributed by atoms with Crippen molar-refractivity contribution in [3.63, 3.8) is 0 Å². The molecule has 0 saturated heterocycles. The minimum atomic E-state index is -3.72. The van der Waals surface area contributed by atoms with E-state index in [4.69, 9.17) is 4.74 Å². The molecule has 2 aromatic heterocycles. The van der Waals surface area contributed by atoms with Crippen molar-refractivity contribution in [1.82, 2.24) is 19.6 Å². The summed E-state index contributed by atoms with van der Waals surface area (Å²) >= 11 is 0. The summed E-state index contributed by atoms with van der Waals surface area (Å²) in [5.41, 5.74) is 3.11. The Kier molecular flexibility index (Phi) is 4.73. The molecule has 3 aromatic rings. The molecule has 0 unspecified atom stereocenters. The van der Waals surface area contributed by atoms with Crippen molar-refractivity contribution in [3.05, 3.63) is 53.6 Å². The molecule has 0 amide bonds. The van der Waals surface area contributed by atoms with Crippen molar-refractivity contribution in [2.24, 2.45) is 7.05 Å². The zero-order chi connectivity index (χ0) is 18.9. The fourth-order valence-electron chi connectivity index (χ4n) is 2.54. The highest BCUT2D eigenvalue weighted by Gasteiger charge is 2.20. The second-order valence-electron chi connectivity index (χ2n) is 6.13. The molecule has 0 aliphatic rings. The van der Waals surface area contributed by atoms with Gasteiger partial charge in [0, 0.05) is 7.05 Å². The summed E-state index contributed by atoms with van der Waals surface area (Å²) in [5.74, 6) is 0.763. The van der Waals surface area contributed by atoms with E-state index in [1.165, 1.54) is 21.8 Å². The predicted octanol–water partition coefficient (Wildman–Crippen LogP) is 2.38. The first-order valence-electron chi connectivity index (χ1n) is 8.00. The van der Waals surface area contributed by atoms with Crippen molar-refractivity contribution < 1.29 is 13.2 Å². The molecule has 0 radical (unpaired) electrons. The predicted molar refractivity (Wildman–Crippen MR) is 97.5 cm³/mol. The van der Waals surface area contributed by atoms with Crippen LogP contribution in [0.5, 0.6) is 5.75 Å². The van der Waals surface area contributed by atoms with E-state index in [9.17, 15) is 8.42 Å². The second-order valence-corrected chi connectivity index (χ2v) is 7.79. The summed E-state index contributed by atoms with van der Waals surface area (Å²) in [5, 5.41) is 8.09. The lowest BCUT2D eigenvalue weighted by atomic mass is 10.1. The smallest absolute Gasteiger partial charge is 0.265 e. The summed E-state index contributed by atoms with van der Waals surface area (Å²) in [6, 6.07) is 5.92. The molecular weight excluding hydrogens is 354 g/mol. The average molecular weight is 375 g/mol. The number of aromatic nitrogens is 4. The minimum absolute atomic E-state index is 0.138. The molecule has 9 heteroatoms. The van der Waals surface area contributed by atoms with Gasteiger partial charge in [-0.1, -0.05) is 17.7 Å². The van der Waals surface area contributed by atoms with Gasteiger partial charge in [-0.15, -0.1) is 0 Å². The minimum Gasteiger partial charge on any atom is -0.471 e. The topological polar surface area (TPSA) is 91.0 Å². The van der Waals surface area contributed by atoms with E-state index in [1.54, 1.807) is 20.2 Å². The molecule has 1 aromatic carbocycles. The van der Waals surface area contributed by atoms with E-state index in [0.717, 1.165) is 16.9 Å². The Morgan fingerprint density at radius 1 is 1.15 bits per heavy atom. The number of benzene rings is 1. The zero-order valence-corrected chi connectivity index (χ0v) is 15.9. The van der Waals surface area contributed by atoms with Crippen molar-refractivity contribution in [3.8, 4) is 5.75 Å². The van der Waals surface area contributed by atoms with Crippen molar-refractivity contribution in [1.29, 1.82) is 0 Å². The normalized spacial score (nSPS) is 11.5. The lowest BCUT2D eigenvalue weighted by Crippen LogP contribution is -2.13. The van der Waals surface area contributed by atoms with Crippen LogP contribution in [0.25, 0.3) is 0 Å². The number of hydrogen-bond acceptors (Lipinski definition) is 5. The van der Waals surface area contributed by atoms with Gasteiger partial charge in [-0.3, -0.25) is 9.40 Å². The number of nitrogens with zero attached hydrogens (tertiary/aromatic N) is 4. The van der Waals surface area contributed by atoms with Gasteiger partial charge in [0.1, 0.15) is 10.6 Å². The summed E-state index contributed by atoms with van der Waals surface area (Å²) in [6.45, 7) is 5.87.